The Kier molecular flexibility index (Phi) is 5.01. The highest BCUT2D eigenvalue weighted by molar-refractivity contribution is 7.93. The molecule has 8 heavy (non-hydrogen) atoms. The van der Waals surface area contributed by atoms with Crippen LogP contribution >= 0.6 is 12.0 Å². The molecule has 0 spiro atoms. The van der Waals surface area contributed by atoms with Crippen molar-refractivity contribution in [1.82, 2.24) is 0 Å². The van der Waals surface area contributed by atoms with Gasteiger partial charge >= 0.3 is 0 Å². The first kappa shape index (κ1) is 7.92. The fourth-order valence-electron chi connectivity index (χ4n) is 0.413. The van der Waals surface area contributed by atoms with Gasteiger partial charge in [0, 0.05) is 12.2 Å². The van der Waals surface area contributed by atoms with E-state index in [4.69, 9.17) is 4.55 Å². The van der Waals surface area contributed by atoms with Crippen molar-refractivity contribution in [1.29, 1.82) is 0 Å². The lowest BCUT2D eigenvalue weighted by molar-refractivity contribution is 0.665. The molecule has 0 fully saturated rings. The van der Waals surface area contributed by atoms with E-state index in [1.807, 2.05) is 0 Å². The Bertz CT molecular complexity index is 62.9. The molecule has 0 saturated carbocycles. The van der Waals surface area contributed by atoms with E-state index in [0.717, 1.165) is 30.5 Å². The summed E-state index contributed by atoms with van der Waals surface area (Å²) in [5.74, 6) is 0.648. The summed E-state index contributed by atoms with van der Waals surface area (Å²) < 4.78 is 8.30. The highest BCUT2D eigenvalue weighted by Crippen LogP contribution is 2.06. The van der Waals surface area contributed by atoms with E-state index in [0.29, 0.717) is 5.75 Å². The van der Waals surface area contributed by atoms with Crippen molar-refractivity contribution >= 4 is 12.0 Å². The summed E-state index contributed by atoms with van der Waals surface area (Å²) in [6.07, 6.45) is 1.80. The molecule has 0 heterocycles. The van der Waals surface area contributed by atoms with Crippen LogP contribution in [0, 0.1) is 6.92 Å². The van der Waals surface area contributed by atoms with Crippen LogP contribution in [0.15, 0.2) is 12.2 Å². The average Bonchev–Trinajstić information content (AvgIpc) is 1.68. The van der Waals surface area contributed by atoms with Crippen molar-refractivity contribution in [3.8, 4) is 0 Å². The minimum Gasteiger partial charge on any atom is -0.330 e. The van der Waals surface area contributed by atoms with Crippen LogP contribution in [0.4, 0.5) is 0 Å². The predicted octanol–water partition coefficient (Wildman–Crippen LogP) is 2.36. The summed E-state index contributed by atoms with van der Waals surface area (Å²) in [5, 5.41) is 0. The van der Waals surface area contributed by atoms with E-state index in [2.05, 4.69) is 13.5 Å². The van der Waals surface area contributed by atoms with E-state index in [-0.39, 0.29) is 0 Å². The van der Waals surface area contributed by atoms with E-state index in [1.165, 1.54) is 0 Å². The molecule has 0 bridgehead atoms. The molecule has 0 aromatic rings. The average molecular weight is 131 g/mol. The molecule has 0 aliphatic carbocycles. The summed E-state index contributed by atoms with van der Waals surface area (Å²) in [6.45, 7) is 7.37. The molecule has 0 atom stereocenters. The van der Waals surface area contributed by atoms with E-state index in [1.54, 1.807) is 0 Å². The Morgan fingerprint density at radius 2 is 2.38 bits per heavy atom. The van der Waals surface area contributed by atoms with Crippen molar-refractivity contribution in [2.24, 2.45) is 0 Å². The molecule has 0 aliphatic heterocycles. The maximum atomic E-state index is 8.30. The zero-order valence-electron chi connectivity index (χ0n) is 4.89. The monoisotopic (exact) mass is 131 g/mol. The normalized spacial score (nSPS) is 9.12. The van der Waals surface area contributed by atoms with Gasteiger partial charge in [-0.25, -0.2) is 0 Å². The van der Waals surface area contributed by atoms with Crippen molar-refractivity contribution in [3.05, 3.63) is 19.1 Å². The van der Waals surface area contributed by atoms with Crippen LogP contribution in [0.2, 0.25) is 0 Å². The molecule has 0 saturated heterocycles. The number of hydrogen-bond donors (Lipinski definition) is 1. The zero-order valence-corrected chi connectivity index (χ0v) is 5.71. The fraction of sp³-hybridized carbons (Fsp3) is 0.500. The molecular formula is C6H11OS+. The van der Waals surface area contributed by atoms with Crippen LogP contribution in [-0.4, -0.2) is 10.3 Å². The largest absolute Gasteiger partial charge is 0.330 e. The predicted molar refractivity (Wildman–Crippen MR) is 38.8 cm³/mol. The molecule has 0 unspecified atom stereocenters. The zero-order chi connectivity index (χ0) is 6.41. The number of rotatable bonds is 4. The fourth-order valence-corrected chi connectivity index (χ4v) is 0.740. The Balaban J connectivity index is 3.06. The van der Waals surface area contributed by atoms with Crippen LogP contribution in [0.25, 0.3) is 0 Å². The minimum atomic E-state index is 0.648. The van der Waals surface area contributed by atoms with E-state index < -0.39 is 0 Å². The highest BCUT2D eigenvalue weighted by atomic mass is 32.2. The van der Waals surface area contributed by atoms with Gasteiger partial charge in [-0.2, -0.15) is 0 Å². The van der Waals surface area contributed by atoms with Gasteiger partial charge in [0.05, 0.1) is 13.3 Å². The molecule has 2 heteroatoms. The first-order valence-corrected chi connectivity index (χ1v) is 3.47. The van der Waals surface area contributed by atoms with Gasteiger partial charge in [-0.05, 0) is 12.0 Å². The Labute approximate surface area is 55.0 Å². The Morgan fingerprint density at radius 1 is 1.75 bits per heavy atom. The summed E-state index contributed by atoms with van der Waals surface area (Å²) in [5.41, 5.74) is 1.06. The highest BCUT2D eigenvalue weighted by Gasteiger charge is 1.92. The summed E-state index contributed by atoms with van der Waals surface area (Å²) >= 11 is 0.822. The standard InChI is InChI=1S/C6H10OS/c1-3-4-6(2)5-8-7/h1-5H2/p+1. The summed E-state index contributed by atoms with van der Waals surface area (Å²) in [6, 6.07) is 0. The molecular weight excluding hydrogens is 120 g/mol. The van der Waals surface area contributed by atoms with Crippen LogP contribution in [-0.2, 0) is 0 Å². The van der Waals surface area contributed by atoms with Gasteiger partial charge < -0.3 is 4.55 Å². The minimum absolute atomic E-state index is 0.648. The van der Waals surface area contributed by atoms with Gasteiger partial charge in [0.1, 0.15) is 0 Å². The third kappa shape index (κ3) is 4.09. The maximum Gasteiger partial charge on any atom is 0.0887 e. The van der Waals surface area contributed by atoms with Crippen LogP contribution in [0.5, 0.6) is 0 Å². The number of hydrogen-bond acceptors (Lipinski definition) is 2. The second-order valence-corrected chi connectivity index (χ2v) is 2.17. The molecule has 0 aromatic carbocycles. The summed E-state index contributed by atoms with van der Waals surface area (Å²) in [7, 11) is 0. The quantitative estimate of drug-likeness (QED) is 0.359. The van der Waals surface area contributed by atoms with Gasteiger partial charge in [0.2, 0.25) is 0 Å². The van der Waals surface area contributed by atoms with Crippen LogP contribution in [0.3, 0.4) is 0 Å². The lowest BCUT2D eigenvalue weighted by Gasteiger charge is -1.93. The molecule has 46 valence electrons. The SMILES string of the molecule is C=C(CC[CH2+])CSO. The van der Waals surface area contributed by atoms with E-state index >= 15 is 0 Å². The van der Waals surface area contributed by atoms with Gasteiger partial charge in [-0.15, -0.1) is 0 Å². The lowest BCUT2D eigenvalue weighted by Crippen LogP contribution is -1.82. The third-order valence-electron chi connectivity index (χ3n) is 0.799. The van der Waals surface area contributed by atoms with E-state index in [9.17, 15) is 0 Å². The van der Waals surface area contributed by atoms with Crippen molar-refractivity contribution < 1.29 is 4.55 Å². The van der Waals surface area contributed by atoms with Gasteiger partial charge in [-0.3, -0.25) is 0 Å². The van der Waals surface area contributed by atoms with Crippen LogP contribution in [0.1, 0.15) is 12.8 Å². The molecule has 0 aliphatic rings. The van der Waals surface area contributed by atoms with Crippen LogP contribution < -0.4 is 0 Å². The topological polar surface area (TPSA) is 20.2 Å². The summed E-state index contributed by atoms with van der Waals surface area (Å²) in [4.78, 5) is 0. The van der Waals surface area contributed by atoms with Gasteiger partial charge in [-0.1, -0.05) is 12.2 Å². The Morgan fingerprint density at radius 3 is 2.75 bits per heavy atom. The first-order chi connectivity index (χ1) is 3.81. The third-order valence-corrected chi connectivity index (χ3v) is 1.34. The van der Waals surface area contributed by atoms with Crippen molar-refractivity contribution in [3.63, 3.8) is 0 Å². The van der Waals surface area contributed by atoms with Gasteiger partial charge in [0.15, 0.2) is 0 Å². The smallest absolute Gasteiger partial charge is 0.0887 e. The Hall–Kier alpha value is -0.0800. The maximum absolute atomic E-state index is 8.30. The molecule has 1 N–H and O–H groups in total. The second kappa shape index (κ2) is 5.06. The van der Waals surface area contributed by atoms with Crippen molar-refractivity contribution in [2.75, 3.05) is 5.75 Å². The molecule has 0 radical (unpaired) electrons. The molecule has 1 nitrogen and oxygen atoms in total. The van der Waals surface area contributed by atoms with Gasteiger partial charge in [0.25, 0.3) is 0 Å². The lowest BCUT2D eigenvalue weighted by atomic mass is 10.2. The molecule has 0 amide bonds. The first-order valence-electron chi connectivity index (χ1n) is 2.53. The van der Waals surface area contributed by atoms with Crippen molar-refractivity contribution in [2.45, 2.75) is 12.8 Å². The second-order valence-electron chi connectivity index (χ2n) is 1.63. The molecule has 0 rings (SSSR count). The molecule has 0 aromatic heterocycles.